The molecule has 0 bridgehead atoms. The molecule has 0 unspecified atom stereocenters. The number of aromatic nitrogens is 2. The molecule has 0 aromatic carbocycles. The van der Waals surface area contributed by atoms with Crippen LogP contribution in [-0.4, -0.2) is 22.7 Å². The summed E-state index contributed by atoms with van der Waals surface area (Å²) in [6, 6.07) is 1.53. The normalized spacial score (nSPS) is 11.5. The zero-order valence-electron chi connectivity index (χ0n) is 8.10. The third-order valence-electron chi connectivity index (χ3n) is 1.59. The standard InChI is InChI=1S/C8H11F3N4/c1-5-4-6(15-7(12)14-5)13-3-2-8(9,10)11/h4H,2-3H2,1H3,(H3,12,13,14,15). The molecule has 0 radical (unpaired) electrons. The Kier molecular flexibility index (Phi) is 3.33. The topological polar surface area (TPSA) is 63.8 Å². The van der Waals surface area contributed by atoms with E-state index >= 15 is 0 Å². The van der Waals surface area contributed by atoms with Crippen LogP contribution in [0.3, 0.4) is 0 Å². The van der Waals surface area contributed by atoms with Gasteiger partial charge in [-0.2, -0.15) is 18.2 Å². The first kappa shape index (κ1) is 11.5. The molecule has 0 saturated carbocycles. The summed E-state index contributed by atoms with van der Waals surface area (Å²) in [4.78, 5) is 7.54. The van der Waals surface area contributed by atoms with Crippen molar-refractivity contribution in [2.24, 2.45) is 0 Å². The van der Waals surface area contributed by atoms with Crippen molar-refractivity contribution in [3.63, 3.8) is 0 Å². The van der Waals surface area contributed by atoms with Crippen LogP contribution >= 0.6 is 0 Å². The van der Waals surface area contributed by atoms with Gasteiger partial charge in [0.25, 0.3) is 0 Å². The van der Waals surface area contributed by atoms with Gasteiger partial charge in [-0.15, -0.1) is 0 Å². The molecule has 1 aromatic heterocycles. The van der Waals surface area contributed by atoms with E-state index in [4.69, 9.17) is 5.73 Å². The van der Waals surface area contributed by atoms with E-state index < -0.39 is 12.6 Å². The van der Waals surface area contributed by atoms with Crippen LogP contribution in [-0.2, 0) is 0 Å². The number of rotatable bonds is 3. The second-order valence-corrected chi connectivity index (χ2v) is 3.04. The number of alkyl halides is 3. The number of hydrogen-bond donors (Lipinski definition) is 2. The third-order valence-corrected chi connectivity index (χ3v) is 1.59. The van der Waals surface area contributed by atoms with Gasteiger partial charge in [-0.05, 0) is 6.92 Å². The van der Waals surface area contributed by atoms with E-state index in [1.807, 2.05) is 0 Å². The van der Waals surface area contributed by atoms with Crippen molar-refractivity contribution >= 4 is 11.8 Å². The summed E-state index contributed by atoms with van der Waals surface area (Å²) in [6.45, 7) is 1.46. The van der Waals surface area contributed by atoms with Gasteiger partial charge in [-0.3, -0.25) is 0 Å². The number of hydrogen-bond acceptors (Lipinski definition) is 4. The van der Waals surface area contributed by atoms with Crippen LogP contribution in [0.4, 0.5) is 24.9 Å². The maximum Gasteiger partial charge on any atom is 0.390 e. The molecule has 0 atom stereocenters. The van der Waals surface area contributed by atoms with Crippen LogP contribution in [0.25, 0.3) is 0 Å². The zero-order chi connectivity index (χ0) is 11.5. The Labute approximate surface area is 84.7 Å². The van der Waals surface area contributed by atoms with E-state index in [2.05, 4.69) is 15.3 Å². The Bertz CT molecular complexity index is 317. The molecule has 0 amide bonds. The van der Waals surface area contributed by atoms with Crippen LogP contribution in [0.15, 0.2) is 6.07 Å². The van der Waals surface area contributed by atoms with Crippen molar-refractivity contribution in [1.29, 1.82) is 0 Å². The number of aryl methyl sites for hydroxylation is 1. The Morgan fingerprint density at radius 2 is 2.07 bits per heavy atom. The van der Waals surface area contributed by atoms with Gasteiger partial charge in [-0.25, -0.2) is 4.98 Å². The highest BCUT2D eigenvalue weighted by Crippen LogP contribution is 2.19. The first-order valence-electron chi connectivity index (χ1n) is 4.28. The Morgan fingerprint density at radius 3 is 2.60 bits per heavy atom. The largest absolute Gasteiger partial charge is 0.390 e. The summed E-state index contributed by atoms with van der Waals surface area (Å²) in [5, 5.41) is 2.53. The molecule has 0 aliphatic heterocycles. The SMILES string of the molecule is Cc1cc(NCCC(F)(F)F)nc(N)n1. The summed E-state index contributed by atoms with van der Waals surface area (Å²) in [5.74, 6) is 0.355. The molecule has 0 fully saturated rings. The zero-order valence-corrected chi connectivity index (χ0v) is 8.10. The maximum atomic E-state index is 11.8. The molecule has 1 heterocycles. The average molecular weight is 220 g/mol. The monoisotopic (exact) mass is 220 g/mol. The fourth-order valence-electron chi connectivity index (χ4n) is 1.01. The lowest BCUT2D eigenvalue weighted by molar-refractivity contribution is -0.131. The molecule has 0 spiro atoms. The number of halogens is 3. The van der Waals surface area contributed by atoms with E-state index in [1.165, 1.54) is 6.07 Å². The van der Waals surface area contributed by atoms with Crippen molar-refractivity contribution in [2.45, 2.75) is 19.5 Å². The lowest BCUT2D eigenvalue weighted by Crippen LogP contribution is -2.15. The van der Waals surface area contributed by atoms with Crippen molar-refractivity contribution in [3.8, 4) is 0 Å². The quantitative estimate of drug-likeness (QED) is 0.814. The van der Waals surface area contributed by atoms with E-state index in [0.29, 0.717) is 11.5 Å². The molecule has 1 rings (SSSR count). The minimum atomic E-state index is -4.17. The van der Waals surface area contributed by atoms with Crippen molar-refractivity contribution in [3.05, 3.63) is 11.8 Å². The Morgan fingerprint density at radius 1 is 1.40 bits per heavy atom. The fourth-order valence-corrected chi connectivity index (χ4v) is 1.01. The number of nitrogens with zero attached hydrogens (tertiary/aromatic N) is 2. The van der Waals surface area contributed by atoms with Crippen molar-refractivity contribution in [1.82, 2.24) is 9.97 Å². The molecule has 0 aliphatic carbocycles. The second kappa shape index (κ2) is 4.33. The predicted octanol–water partition coefficient (Wildman–Crippen LogP) is 1.73. The average Bonchev–Trinajstić information content (AvgIpc) is 1.99. The third kappa shape index (κ3) is 4.48. The van der Waals surface area contributed by atoms with Crippen molar-refractivity contribution < 1.29 is 13.2 Å². The molecule has 15 heavy (non-hydrogen) atoms. The molecule has 0 saturated heterocycles. The van der Waals surface area contributed by atoms with Gasteiger partial charge < -0.3 is 11.1 Å². The number of nitrogen functional groups attached to an aromatic ring is 1. The summed E-state index contributed by atoms with van der Waals surface area (Å²) >= 11 is 0. The number of anilines is 2. The highest BCUT2D eigenvalue weighted by molar-refractivity contribution is 5.39. The number of nitrogens with one attached hydrogen (secondary N) is 1. The van der Waals surface area contributed by atoms with E-state index in [0.717, 1.165) is 0 Å². The minimum Gasteiger partial charge on any atom is -0.370 e. The van der Waals surface area contributed by atoms with Crippen LogP contribution < -0.4 is 11.1 Å². The van der Waals surface area contributed by atoms with Gasteiger partial charge in [-0.1, -0.05) is 0 Å². The predicted molar refractivity (Wildman–Crippen MR) is 50.3 cm³/mol. The lowest BCUT2D eigenvalue weighted by atomic mass is 10.4. The van der Waals surface area contributed by atoms with E-state index in [9.17, 15) is 13.2 Å². The van der Waals surface area contributed by atoms with Gasteiger partial charge in [0, 0.05) is 18.3 Å². The Hall–Kier alpha value is -1.53. The van der Waals surface area contributed by atoms with Gasteiger partial charge >= 0.3 is 6.18 Å². The first-order valence-corrected chi connectivity index (χ1v) is 4.28. The molecular weight excluding hydrogens is 209 g/mol. The fraction of sp³-hybridized carbons (Fsp3) is 0.500. The lowest BCUT2D eigenvalue weighted by Gasteiger charge is -2.08. The van der Waals surface area contributed by atoms with Crippen molar-refractivity contribution in [2.75, 3.05) is 17.6 Å². The first-order chi connectivity index (χ1) is 6.87. The molecule has 0 aliphatic rings. The molecule has 1 aromatic rings. The molecule has 4 nitrogen and oxygen atoms in total. The number of nitrogens with two attached hydrogens (primary N) is 1. The van der Waals surface area contributed by atoms with Gasteiger partial charge in [0.1, 0.15) is 5.82 Å². The van der Waals surface area contributed by atoms with Crippen LogP contribution in [0.1, 0.15) is 12.1 Å². The molecular formula is C8H11F3N4. The molecule has 3 N–H and O–H groups in total. The highest BCUT2D eigenvalue weighted by atomic mass is 19.4. The highest BCUT2D eigenvalue weighted by Gasteiger charge is 2.26. The summed E-state index contributed by atoms with van der Waals surface area (Å²) in [6.07, 6.45) is -5.07. The van der Waals surface area contributed by atoms with E-state index in [1.54, 1.807) is 6.92 Å². The van der Waals surface area contributed by atoms with Crippen LogP contribution in [0.5, 0.6) is 0 Å². The smallest absolute Gasteiger partial charge is 0.370 e. The Balaban J connectivity index is 2.51. The second-order valence-electron chi connectivity index (χ2n) is 3.04. The molecule has 7 heteroatoms. The van der Waals surface area contributed by atoms with Crippen LogP contribution in [0, 0.1) is 6.92 Å². The summed E-state index contributed by atoms with van der Waals surface area (Å²) in [5.41, 5.74) is 5.94. The minimum absolute atomic E-state index is 0.0458. The maximum absolute atomic E-state index is 11.8. The van der Waals surface area contributed by atoms with E-state index in [-0.39, 0.29) is 12.5 Å². The van der Waals surface area contributed by atoms with Gasteiger partial charge in [0.15, 0.2) is 0 Å². The summed E-state index contributed by atoms with van der Waals surface area (Å²) < 4.78 is 35.5. The molecule has 84 valence electrons. The van der Waals surface area contributed by atoms with Crippen LogP contribution in [0.2, 0.25) is 0 Å². The van der Waals surface area contributed by atoms with Gasteiger partial charge in [0.2, 0.25) is 5.95 Å². The summed E-state index contributed by atoms with van der Waals surface area (Å²) in [7, 11) is 0. The van der Waals surface area contributed by atoms with Gasteiger partial charge in [0.05, 0.1) is 6.42 Å².